The van der Waals surface area contributed by atoms with Gasteiger partial charge in [-0.3, -0.25) is 5.41 Å². The Bertz CT molecular complexity index is 462. The van der Waals surface area contributed by atoms with Crippen LogP contribution in [-0.2, 0) is 51.8 Å². The van der Waals surface area contributed by atoms with Crippen LogP contribution in [0.25, 0.3) is 0 Å². The summed E-state index contributed by atoms with van der Waals surface area (Å²) in [7, 11) is 4.46. The number of nitrogens with two attached hydrogens (primary N) is 1. The molecule has 0 atom stereocenters. The summed E-state index contributed by atoms with van der Waals surface area (Å²) in [6.45, 7) is 3.04. The number of aliphatic imine (C=N–C) groups is 1. The fourth-order valence-corrected chi connectivity index (χ4v) is 0.592. The fraction of sp³-hybridized carbons (Fsp3) is 0.273. The summed E-state index contributed by atoms with van der Waals surface area (Å²) < 4.78 is 4.11. The van der Waals surface area contributed by atoms with Crippen molar-refractivity contribution in [3.8, 4) is 0 Å². The maximum Gasteiger partial charge on any atom is 0.330 e. The molecule has 0 aromatic heterocycles. The summed E-state index contributed by atoms with van der Waals surface area (Å²) in [6.07, 6.45) is 1.55. The van der Waals surface area contributed by atoms with E-state index < -0.39 is 17.8 Å². The van der Waals surface area contributed by atoms with E-state index in [0.29, 0.717) is 6.08 Å². The van der Waals surface area contributed by atoms with E-state index in [-0.39, 0.29) is 44.6 Å². The summed E-state index contributed by atoms with van der Waals surface area (Å²) >= 11 is 0. The molecule has 0 aliphatic carbocycles. The van der Waals surface area contributed by atoms with Gasteiger partial charge in [0.1, 0.15) is 0 Å². The van der Waals surface area contributed by atoms with Gasteiger partial charge in [0.2, 0.25) is 11.9 Å². The summed E-state index contributed by atoms with van der Waals surface area (Å²) in [5.74, 6) is -2.56. The number of hydrogen-bond donors (Lipinski definition) is 4. The molecule has 0 aliphatic heterocycles. The Morgan fingerprint density at radius 2 is 1.86 bits per heavy atom. The molecular formula is C11H18N5O5Y-. The molecule has 0 aromatic carbocycles. The van der Waals surface area contributed by atoms with Gasteiger partial charge in [-0.15, -0.1) is 0 Å². The number of amides is 1. The minimum atomic E-state index is -1.17. The molecular weight excluding hydrogens is 371 g/mol. The second-order valence-electron chi connectivity index (χ2n) is 3.46. The van der Waals surface area contributed by atoms with Crippen LogP contribution in [0.15, 0.2) is 17.1 Å². The van der Waals surface area contributed by atoms with Gasteiger partial charge in [-0.05, 0) is 0 Å². The summed E-state index contributed by atoms with van der Waals surface area (Å²) in [6, 6.07) is 0. The number of carbonyl (C=O) groups excluding carboxylic acids is 2. The molecule has 11 heteroatoms. The molecule has 0 heterocycles. The Hall–Kier alpha value is -1.94. The third kappa shape index (κ3) is 18.1. The summed E-state index contributed by atoms with van der Waals surface area (Å²) in [5.41, 5.74) is 5.22. The minimum Gasteiger partial charge on any atom is -0.478 e. The zero-order chi connectivity index (χ0) is 17.0. The number of carboxylic acids is 1. The standard InChI is InChI=1S/C6H12N5O.C5H6O4.Y/c1-4(12)9-5(7)10-6(8)11(2)3;1-9-5(8)3-2-4(6)7;/h1H2,2-3H3,(H4,7,8,9,10,12);2-3H,1H3,(H,6,7);/q-1;;/b;3-2+;. The van der Waals surface area contributed by atoms with E-state index in [1.54, 1.807) is 14.1 Å². The second kappa shape index (κ2) is 14.0. The van der Waals surface area contributed by atoms with Crippen LogP contribution in [0.2, 0.25) is 0 Å². The van der Waals surface area contributed by atoms with Gasteiger partial charge in [0.15, 0.2) is 0 Å². The number of nitrogens with one attached hydrogen (secondary N) is 2. The van der Waals surface area contributed by atoms with E-state index in [1.165, 1.54) is 12.0 Å². The van der Waals surface area contributed by atoms with Crippen LogP contribution in [0.5, 0.6) is 0 Å². The van der Waals surface area contributed by atoms with E-state index in [9.17, 15) is 14.4 Å². The molecule has 0 aromatic rings. The van der Waals surface area contributed by atoms with E-state index >= 15 is 0 Å². The number of carboxylic acid groups (broad SMARTS) is 1. The molecule has 10 nitrogen and oxygen atoms in total. The van der Waals surface area contributed by atoms with Crippen molar-refractivity contribution in [2.45, 2.75) is 0 Å². The van der Waals surface area contributed by atoms with Crippen LogP contribution >= 0.6 is 0 Å². The Balaban J connectivity index is -0.000000326. The Morgan fingerprint density at radius 1 is 1.36 bits per heavy atom. The topological polar surface area (TPSA) is 158 Å². The zero-order valence-corrected chi connectivity index (χ0v) is 15.3. The molecule has 0 spiro atoms. The molecule has 0 saturated heterocycles. The SMILES string of the molecule is COC(=O)/C=C/C(=O)O.[CH2-]C(=O)NC(N)=NC(=N)N(C)C.[Y]. The van der Waals surface area contributed by atoms with Crippen LogP contribution in [0.3, 0.4) is 0 Å². The van der Waals surface area contributed by atoms with E-state index in [4.69, 9.17) is 16.2 Å². The predicted molar refractivity (Wildman–Crippen MR) is 75.3 cm³/mol. The maximum absolute atomic E-state index is 10.3. The van der Waals surface area contributed by atoms with Crippen molar-refractivity contribution < 1.29 is 56.9 Å². The number of guanidine groups is 2. The van der Waals surface area contributed by atoms with Gasteiger partial charge >= 0.3 is 11.9 Å². The molecule has 0 unspecified atom stereocenters. The van der Waals surface area contributed by atoms with Crippen molar-refractivity contribution in [1.82, 2.24) is 10.2 Å². The largest absolute Gasteiger partial charge is 0.478 e. The molecule has 22 heavy (non-hydrogen) atoms. The third-order valence-electron chi connectivity index (χ3n) is 1.48. The number of carbonyl (C=O) groups is 3. The predicted octanol–water partition coefficient (Wildman–Crippen LogP) is -1.45. The van der Waals surface area contributed by atoms with E-state index in [1.807, 2.05) is 0 Å². The smallest absolute Gasteiger partial charge is 0.330 e. The Kier molecular flexibility index (Phi) is 16.0. The summed E-state index contributed by atoms with van der Waals surface area (Å²) in [4.78, 5) is 35.2. The van der Waals surface area contributed by atoms with Gasteiger partial charge in [0.25, 0.3) is 0 Å². The first-order valence-corrected chi connectivity index (χ1v) is 5.32. The number of aliphatic carboxylic acids is 1. The van der Waals surface area contributed by atoms with Crippen molar-refractivity contribution >= 4 is 29.8 Å². The maximum atomic E-state index is 10.3. The number of ether oxygens (including phenoxy) is 1. The van der Waals surface area contributed by atoms with Crippen molar-refractivity contribution in [2.75, 3.05) is 21.2 Å². The number of nitrogens with zero attached hydrogens (tertiary/aromatic N) is 2. The summed E-state index contributed by atoms with van der Waals surface area (Å²) in [5, 5.41) is 17.3. The monoisotopic (exact) mass is 389 g/mol. The number of methoxy groups -OCH3 is 1. The Labute approximate surface area is 153 Å². The second-order valence-corrected chi connectivity index (χ2v) is 3.46. The van der Waals surface area contributed by atoms with Gasteiger partial charge in [0, 0.05) is 59.0 Å². The van der Waals surface area contributed by atoms with Crippen molar-refractivity contribution in [1.29, 1.82) is 5.41 Å². The molecule has 121 valence electrons. The van der Waals surface area contributed by atoms with Gasteiger partial charge < -0.3 is 37.5 Å². The van der Waals surface area contributed by atoms with Crippen LogP contribution < -0.4 is 11.1 Å². The number of hydrogen-bond acceptors (Lipinski definition) is 5. The number of esters is 1. The molecule has 1 radical (unpaired) electrons. The van der Waals surface area contributed by atoms with Crippen molar-refractivity contribution in [3.63, 3.8) is 0 Å². The quantitative estimate of drug-likeness (QED) is 0.148. The molecule has 0 aliphatic rings. The Morgan fingerprint density at radius 3 is 2.18 bits per heavy atom. The molecule has 1 amide bonds. The van der Waals surface area contributed by atoms with Gasteiger partial charge in [-0.25, -0.2) is 9.59 Å². The normalized spacial score (nSPS) is 9.68. The third-order valence-corrected chi connectivity index (χ3v) is 1.48. The van der Waals surface area contributed by atoms with Crippen molar-refractivity contribution in [3.05, 3.63) is 19.1 Å². The number of rotatable bonds is 2. The average molecular weight is 389 g/mol. The zero-order valence-electron chi connectivity index (χ0n) is 12.5. The molecule has 0 fully saturated rings. The van der Waals surface area contributed by atoms with Gasteiger partial charge in [0.05, 0.1) is 13.0 Å². The first-order valence-electron chi connectivity index (χ1n) is 5.32. The molecule has 0 rings (SSSR count). The van der Waals surface area contributed by atoms with E-state index in [0.717, 1.165) is 6.08 Å². The molecule has 0 bridgehead atoms. The van der Waals surface area contributed by atoms with Crippen molar-refractivity contribution in [2.24, 2.45) is 10.7 Å². The minimum absolute atomic E-state index is 0. The van der Waals surface area contributed by atoms with Crippen LogP contribution in [0.1, 0.15) is 0 Å². The fourth-order valence-electron chi connectivity index (χ4n) is 0.592. The van der Waals surface area contributed by atoms with Gasteiger partial charge in [-0.1, -0.05) is 0 Å². The first kappa shape index (κ1) is 25.0. The van der Waals surface area contributed by atoms with Crippen LogP contribution in [0.4, 0.5) is 0 Å². The average Bonchev–Trinajstić information content (AvgIpc) is 2.35. The molecule has 0 saturated carbocycles. The first-order chi connectivity index (χ1) is 9.59. The van der Waals surface area contributed by atoms with Gasteiger partial charge in [-0.2, -0.15) is 4.99 Å². The van der Waals surface area contributed by atoms with Crippen LogP contribution in [0, 0.1) is 12.3 Å². The molecule has 5 N–H and O–H groups in total. The van der Waals surface area contributed by atoms with Crippen LogP contribution in [-0.4, -0.2) is 61.0 Å². The van der Waals surface area contributed by atoms with E-state index in [2.05, 4.69) is 22.0 Å².